The topological polar surface area (TPSA) is 235 Å². The van der Waals surface area contributed by atoms with E-state index >= 15 is 0 Å². The smallest absolute Gasteiger partial charge is 0.255 e. The minimum atomic E-state index is -0.641. The van der Waals surface area contributed by atoms with Gasteiger partial charge in [0.05, 0.1) is 57.6 Å². The van der Waals surface area contributed by atoms with E-state index in [1.54, 1.807) is 17.3 Å². The molecule has 4 aliphatic rings. The molecule has 6 heterocycles. The zero-order valence-electron chi connectivity index (χ0n) is 44.3. The molecule has 3 aromatic carbocycles. The Bertz CT molecular complexity index is 2790. The van der Waals surface area contributed by atoms with Gasteiger partial charge in [0, 0.05) is 86.2 Å². The molecule has 4 aliphatic heterocycles. The SMILES string of the molecule is C[C@@H](NC(=O)c1cccc(NC2(c3nc(-c4ccncc4)n[nH]3)CCNCC2)c1)c1ccc(OCCCCCCOCCOCCOCCC(=O)N2CCN(c3ccc4c(c3)CN(C3CCC(=O)NC3=O)C4=O)CC2)cc1.Cl. The third-order valence-electron chi connectivity index (χ3n) is 14.7. The number of piperazine rings is 1. The second-order valence-electron chi connectivity index (χ2n) is 20.0. The molecule has 3 fully saturated rings. The van der Waals surface area contributed by atoms with Crippen molar-refractivity contribution in [3.63, 3.8) is 0 Å². The maximum absolute atomic E-state index is 13.5. The minimum absolute atomic E-state index is 0. The summed E-state index contributed by atoms with van der Waals surface area (Å²) in [6.07, 6.45) is 9.89. The fraction of sp³-hybridized carbons (Fsp3) is 0.474. The Balaban J connectivity index is 0.00000803. The van der Waals surface area contributed by atoms with Gasteiger partial charge in [-0.15, -0.1) is 12.4 Å². The Kier molecular flexibility index (Phi) is 20.6. The molecule has 21 heteroatoms. The quantitative estimate of drug-likeness (QED) is 0.0318. The Hall–Kier alpha value is -6.97. The number of nitrogens with one attached hydrogen (secondary N) is 5. The highest BCUT2D eigenvalue weighted by molar-refractivity contribution is 6.05. The van der Waals surface area contributed by atoms with Gasteiger partial charge in [0.2, 0.25) is 17.7 Å². The van der Waals surface area contributed by atoms with E-state index < -0.39 is 17.5 Å². The largest absolute Gasteiger partial charge is 0.494 e. The summed E-state index contributed by atoms with van der Waals surface area (Å²) in [4.78, 5) is 78.1. The number of fused-ring (bicyclic) bond motifs is 1. The molecule has 416 valence electrons. The lowest BCUT2D eigenvalue weighted by atomic mass is 9.87. The number of amides is 5. The summed E-state index contributed by atoms with van der Waals surface area (Å²) < 4.78 is 23.1. The van der Waals surface area contributed by atoms with Crippen molar-refractivity contribution in [1.29, 1.82) is 0 Å². The van der Waals surface area contributed by atoms with Gasteiger partial charge in [0.15, 0.2) is 11.6 Å². The van der Waals surface area contributed by atoms with Crippen LogP contribution in [0.5, 0.6) is 5.75 Å². The molecule has 0 spiro atoms. The van der Waals surface area contributed by atoms with Crippen molar-refractivity contribution < 1.29 is 42.9 Å². The van der Waals surface area contributed by atoms with Crippen LogP contribution in [0, 0.1) is 0 Å². The van der Waals surface area contributed by atoms with Crippen molar-refractivity contribution in [2.75, 3.05) is 95.7 Å². The molecule has 0 radical (unpaired) electrons. The fourth-order valence-electron chi connectivity index (χ4n) is 10.3. The maximum atomic E-state index is 13.5. The number of aromatic nitrogens is 4. The van der Waals surface area contributed by atoms with Crippen LogP contribution in [0.2, 0.25) is 0 Å². The Morgan fingerprint density at radius 1 is 0.808 bits per heavy atom. The highest BCUT2D eigenvalue weighted by atomic mass is 35.5. The van der Waals surface area contributed by atoms with Gasteiger partial charge in [0.25, 0.3) is 11.8 Å². The number of aromatic amines is 1. The molecule has 1 unspecified atom stereocenters. The zero-order chi connectivity index (χ0) is 53.4. The predicted molar refractivity (Wildman–Crippen MR) is 295 cm³/mol. The number of imide groups is 1. The minimum Gasteiger partial charge on any atom is -0.494 e. The van der Waals surface area contributed by atoms with Crippen molar-refractivity contribution in [3.8, 4) is 17.1 Å². The number of carbonyl (C=O) groups is 5. The van der Waals surface area contributed by atoms with Crippen LogP contribution in [0.1, 0.15) is 108 Å². The molecule has 20 nitrogen and oxygen atoms in total. The average molecular weight is 1090 g/mol. The molecule has 78 heavy (non-hydrogen) atoms. The summed E-state index contributed by atoms with van der Waals surface area (Å²) in [6.45, 7) is 9.94. The number of ether oxygens (including phenoxy) is 4. The van der Waals surface area contributed by atoms with E-state index in [4.69, 9.17) is 23.9 Å². The number of rotatable bonds is 26. The second-order valence-corrected chi connectivity index (χ2v) is 20.0. The molecule has 9 rings (SSSR count). The number of nitrogens with zero attached hydrogens (tertiary/aromatic N) is 6. The lowest BCUT2D eigenvalue weighted by molar-refractivity contribution is -0.137. The van der Waals surface area contributed by atoms with Crippen LogP contribution in [0.15, 0.2) is 91.3 Å². The Morgan fingerprint density at radius 2 is 1.53 bits per heavy atom. The van der Waals surface area contributed by atoms with Crippen LogP contribution in [0.25, 0.3) is 11.4 Å². The normalized spacial score (nSPS) is 17.5. The number of anilines is 2. The first-order valence-electron chi connectivity index (χ1n) is 27.1. The van der Waals surface area contributed by atoms with E-state index in [1.807, 2.05) is 90.7 Å². The van der Waals surface area contributed by atoms with Crippen LogP contribution in [0.4, 0.5) is 11.4 Å². The molecule has 3 saturated heterocycles. The third-order valence-corrected chi connectivity index (χ3v) is 14.7. The Labute approximate surface area is 461 Å². The molecule has 5 aromatic rings. The summed E-state index contributed by atoms with van der Waals surface area (Å²) in [5.41, 5.74) is 5.22. The van der Waals surface area contributed by atoms with Crippen molar-refractivity contribution in [1.82, 2.24) is 45.9 Å². The molecule has 0 saturated carbocycles. The van der Waals surface area contributed by atoms with Crippen LogP contribution >= 0.6 is 12.4 Å². The molecule has 2 aromatic heterocycles. The predicted octanol–water partition coefficient (Wildman–Crippen LogP) is 5.96. The van der Waals surface area contributed by atoms with Crippen LogP contribution < -0.4 is 30.9 Å². The number of halogens is 1. The lowest BCUT2D eigenvalue weighted by Gasteiger charge is -2.37. The molecular weight excluding hydrogens is 1020 g/mol. The summed E-state index contributed by atoms with van der Waals surface area (Å²) >= 11 is 0. The Morgan fingerprint density at radius 3 is 2.27 bits per heavy atom. The summed E-state index contributed by atoms with van der Waals surface area (Å²) in [6, 6.07) is 24.1. The van der Waals surface area contributed by atoms with Crippen LogP contribution in [-0.2, 0) is 40.7 Å². The van der Waals surface area contributed by atoms with E-state index in [2.05, 4.69) is 41.3 Å². The number of benzene rings is 3. The summed E-state index contributed by atoms with van der Waals surface area (Å²) in [7, 11) is 0. The van der Waals surface area contributed by atoms with Crippen molar-refractivity contribution in [3.05, 3.63) is 119 Å². The number of hydrogen-bond acceptors (Lipinski definition) is 15. The fourth-order valence-corrected chi connectivity index (χ4v) is 10.3. The lowest BCUT2D eigenvalue weighted by Crippen LogP contribution is -2.52. The van der Waals surface area contributed by atoms with Gasteiger partial charge in [-0.3, -0.25) is 39.4 Å². The van der Waals surface area contributed by atoms with Gasteiger partial charge in [-0.1, -0.05) is 24.6 Å². The van der Waals surface area contributed by atoms with Gasteiger partial charge in [-0.05, 0) is 130 Å². The molecule has 5 N–H and O–H groups in total. The first-order chi connectivity index (χ1) is 37.6. The summed E-state index contributed by atoms with van der Waals surface area (Å²) in [5, 5.41) is 20.4. The standard InChI is InChI=1S/C57H71N11O9.ClH/c1-40(60-53(71)43-7-6-8-45(37-43)63-57(20-24-59-25-21-57)56-62-52(64-65-56)42-17-22-58-23-18-42)41-9-12-47(13-10-41)77-31-5-3-2-4-30-74-33-35-76-36-34-75-32-19-51(70)67-28-26-66(27-29-67)46-11-14-48-44(38-46)39-68(55(48)73)49-15-16-50(69)61-54(49)72;/h6-14,17-18,22-23,37-38,40,49,59,63H,2-5,15-16,19-21,24-36,39H2,1H3,(H,60,71)(H,61,69,72)(H,62,64,65);1H/t40-,49?;/m1./s1. The van der Waals surface area contributed by atoms with Crippen LogP contribution in [-0.4, -0.2) is 151 Å². The molecule has 5 amide bonds. The average Bonchev–Trinajstić information content (AvgIpc) is 4.12. The van der Waals surface area contributed by atoms with Gasteiger partial charge >= 0.3 is 0 Å². The number of H-pyrrole nitrogens is 1. The number of pyridine rings is 1. The second kappa shape index (κ2) is 28.1. The highest BCUT2D eigenvalue weighted by Gasteiger charge is 2.40. The van der Waals surface area contributed by atoms with Gasteiger partial charge in [-0.25, -0.2) is 4.98 Å². The highest BCUT2D eigenvalue weighted by Crippen LogP contribution is 2.35. The van der Waals surface area contributed by atoms with Crippen molar-refractivity contribution in [2.45, 2.75) is 88.9 Å². The van der Waals surface area contributed by atoms with E-state index in [1.165, 1.54) is 0 Å². The van der Waals surface area contributed by atoms with Gasteiger partial charge in [0.1, 0.15) is 11.8 Å². The van der Waals surface area contributed by atoms with Gasteiger partial charge in [-0.2, -0.15) is 5.10 Å². The number of unbranched alkanes of at least 4 members (excludes halogenated alkanes) is 3. The molecule has 0 aliphatic carbocycles. The molecule has 2 atom stereocenters. The van der Waals surface area contributed by atoms with E-state index in [-0.39, 0.29) is 48.5 Å². The first-order valence-corrected chi connectivity index (χ1v) is 27.1. The van der Waals surface area contributed by atoms with Crippen molar-refractivity contribution in [2.24, 2.45) is 0 Å². The van der Waals surface area contributed by atoms with Crippen LogP contribution in [0.3, 0.4) is 0 Å². The zero-order valence-corrected chi connectivity index (χ0v) is 45.2. The summed E-state index contributed by atoms with van der Waals surface area (Å²) in [5.74, 6) is 1.17. The third kappa shape index (κ3) is 15.0. The maximum Gasteiger partial charge on any atom is 0.255 e. The van der Waals surface area contributed by atoms with E-state index in [0.29, 0.717) is 109 Å². The van der Waals surface area contributed by atoms with Crippen molar-refractivity contribution >= 4 is 53.3 Å². The van der Waals surface area contributed by atoms with E-state index in [9.17, 15) is 24.0 Å². The monoisotopic (exact) mass is 1090 g/mol. The van der Waals surface area contributed by atoms with E-state index in [0.717, 1.165) is 91.3 Å². The number of carbonyl (C=O) groups excluding carboxylic acids is 5. The number of piperidine rings is 2. The van der Waals surface area contributed by atoms with Gasteiger partial charge < -0.3 is 49.6 Å². The molecule has 0 bridgehead atoms. The first kappa shape index (κ1) is 57.2. The molecular formula is C57H72ClN11O9. The number of hydrogen-bond donors (Lipinski definition) is 5.